The molecular formula is C25H31N5O4. The Balaban J connectivity index is 1.59. The number of nitrogens with one attached hydrogen (secondary N) is 1. The molecule has 1 atom stereocenters. The van der Waals surface area contributed by atoms with Crippen molar-refractivity contribution in [2.24, 2.45) is 0 Å². The Hall–Kier alpha value is -3.30. The Labute approximate surface area is 199 Å². The monoisotopic (exact) mass is 465 g/mol. The van der Waals surface area contributed by atoms with Crippen LogP contribution in [0.3, 0.4) is 0 Å². The summed E-state index contributed by atoms with van der Waals surface area (Å²) in [5.41, 5.74) is 2.79. The number of nitrogens with zero attached hydrogens (tertiary/aromatic N) is 4. The molecular weight excluding hydrogens is 434 g/mol. The second kappa shape index (κ2) is 11.2. The van der Waals surface area contributed by atoms with Crippen molar-refractivity contribution in [3.63, 3.8) is 0 Å². The Morgan fingerprint density at radius 3 is 2.91 bits per heavy atom. The summed E-state index contributed by atoms with van der Waals surface area (Å²) < 4.78 is 12.9. The maximum Gasteiger partial charge on any atom is 0.257 e. The first-order valence-electron chi connectivity index (χ1n) is 11.6. The Morgan fingerprint density at radius 2 is 2.18 bits per heavy atom. The number of fused-ring (bicyclic) bond motifs is 1. The highest BCUT2D eigenvalue weighted by molar-refractivity contribution is 6.10. The third-order valence-corrected chi connectivity index (χ3v) is 6.08. The van der Waals surface area contributed by atoms with Crippen LogP contribution in [0.25, 0.3) is 11.0 Å². The van der Waals surface area contributed by atoms with Crippen LogP contribution >= 0.6 is 0 Å². The number of methoxy groups -OCH3 is 1. The van der Waals surface area contributed by atoms with Gasteiger partial charge in [-0.15, -0.1) is 0 Å². The SMILES string of the molecule is COCCn1cnc2cc(C(=O)N(C)CCC3CCCCO3)cc(NC(=O)c3cccnc3)c21. The van der Waals surface area contributed by atoms with E-state index in [1.165, 1.54) is 12.6 Å². The first-order chi connectivity index (χ1) is 16.6. The average Bonchev–Trinajstić information content (AvgIpc) is 3.29. The summed E-state index contributed by atoms with van der Waals surface area (Å²) in [4.78, 5) is 36.3. The van der Waals surface area contributed by atoms with Gasteiger partial charge in [0.05, 0.1) is 41.3 Å². The Bertz CT molecular complexity index is 1130. The van der Waals surface area contributed by atoms with Crippen molar-refractivity contribution in [3.8, 4) is 0 Å². The van der Waals surface area contributed by atoms with Gasteiger partial charge in [0.25, 0.3) is 11.8 Å². The Kier molecular flexibility index (Phi) is 7.87. The lowest BCUT2D eigenvalue weighted by Crippen LogP contribution is -2.31. The lowest BCUT2D eigenvalue weighted by atomic mass is 10.1. The van der Waals surface area contributed by atoms with Crippen molar-refractivity contribution in [1.29, 1.82) is 0 Å². The molecule has 3 heterocycles. The molecule has 9 nitrogen and oxygen atoms in total. The standard InChI is InChI=1S/C25H31N5O4/c1-29(10-8-20-7-3-4-12-34-20)25(32)19-14-21-23(30(17-27-21)11-13-33-2)22(15-19)28-24(31)18-6-5-9-26-16-18/h5-6,9,14-17,20H,3-4,7-8,10-13H2,1-2H3,(H,28,31). The third kappa shape index (κ3) is 5.60. The highest BCUT2D eigenvalue weighted by Gasteiger charge is 2.21. The van der Waals surface area contributed by atoms with Crippen LogP contribution in [0.2, 0.25) is 0 Å². The van der Waals surface area contributed by atoms with Crippen LogP contribution in [0.4, 0.5) is 5.69 Å². The van der Waals surface area contributed by atoms with Gasteiger partial charge in [-0.3, -0.25) is 14.6 Å². The second-order valence-electron chi connectivity index (χ2n) is 8.52. The maximum atomic E-state index is 13.3. The molecule has 1 aromatic carbocycles. The normalized spacial score (nSPS) is 15.9. The van der Waals surface area contributed by atoms with E-state index in [0.717, 1.165) is 31.4 Å². The number of rotatable bonds is 9. The van der Waals surface area contributed by atoms with Gasteiger partial charge in [0.2, 0.25) is 0 Å². The summed E-state index contributed by atoms with van der Waals surface area (Å²) >= 11 is 0. The smallest absolute Gasteiger partial charge is 0.257 e. The Morgan fingerprint density at radius 1 is 1.29 bits per heavy atom. The largest absolute Gasteiger partial charge is 0.383 e. The molecule has 1 aliphatic heterocycles. The van der Waals surface area contributed by atoms with Gasteiger partial charge in [0.1, 0.15) is 0 Å². The summed E-state index contributed by atoms with van der Waals surface area (Å²) in [5, 5.41) is 2.95. The second-order valence-corrected chi connectivity index (χ2v) is 8.52. The number of hydrogen-bond acceptors (Lipinski definition) is 6. The molecule has 180 valence electrons. The summed E-state index contributed by atoms with van der Waals surface area (Å²) in [5.74, 6) is -0.428. The van der Waals surface area contributed by atoms with E-state index < -0.39 is 0 Å². The summed E-state index contributed by atoms with van der Waals surface area (Å²) in [6.45, 7) is 2.46. The number of pyridine rings is 1. The fraction of sp³-hybridized carbons (Fsp3) is 0.440. The molecule has 2 aromatic heterocycles. The first kappa shape index (κ1) is 23.8. The number of amides is 2. The van der Waals surface area contributed by atoms with Crippen LogP contribution in [0.15, 0.2) is 43.0 Å². The van der Waals surface area contributed by atoms with E-state index >= 15 is 0 Å². The number of carbonyl (C=O) groups is 2. The molecule has 1 unspecified atom stereocenters. The molecule has 1 N–H and O–H groups in total. The maximum absolute atomic E-state index is 13.3. The summed E-state index contributed by atoms with van der Waals surface area (Å²) in [6, 6.07) is 6.89. The predicted molar refractivity (Wildman–Crippen MR) is 129 cm³/mol. The van der Waals surface area contributed by atoms with Crippen molar-refractivity contribution in [2.45, 2.75) is 38.3 Å². The quantitative estimate of drug-likeness (QED) is 0.520. The number of benzene rings is 1. The van der Waals surface area contributed by atoms with Crippen molar-refractivity contribution < 1.29 is 19.1 Å². The third-order valence-electron chi connectivity index (χ3n) is 6.08. The van der Waals surface area contributed by atoms with E-state index in [4.69, 9.17) is 9.47 Å². The molecule has 0 spiro atoms. The molecule has 0 radical (unpaired) electrons. The molecule has 0 bridgehead atoms. The minimum atomic E-state index is -0.304. The van der Waals surface area contributed by atoms with Gasteiger partial charge in [-0.25, -0.2) is 4.98 Å². The minimum absolute atomic E-state index is 0.124. The number of imidazole rings is 1. The van der Waals surface area contributed by atoms with E-state index in [0.29, 0.717) is 42.0 Å². The first-order valence-corrected chi connectivity index (χ1v) is 11.6. The van der Waals surface area contributed by atoms with E-state index in [1.54, 1.807) is 55.8 Å². The van der Waals surface area contributed by atoms with Crippen molar-refractivity contribution >= 4 is 28.5 Å². The molecule has 2 amide bonds. The predicted octanol–water partition coefficient (Wildman–Crippen LogP) is 3.36. The number of anilines is 1. The summed E-state index contributed by atoms with van der Waals surface area (Å²) in [6.07, 6.45) is 9.14. The van der Waals surface area contributed by atoms with Crippen molar-refractivity contribution in [1.82, 2.24) is 19.4 Å². The highest BCUT2D eigenvalue weighted by atomic mass is 16.5. The molecule has 0 saturated carbocycles. The molecule has 9 heteroatoms. The van der Waals surface area contributed by atoms with Gasteiger partial charge in [-0.1, -0.05) is 0 Å². The topological polar surface area (TPSA) is 98.6 Å². The van der Waals surface area contributed by atoms with Crippen LogP contribution in [0, 0.1) is 0 Å². The number of ether oxygens (including phenoxy) is 2. The van der Waals surface area contributed by atoms with E-state index in [-0.39, 0.29) is 17.9 Å². The zero-order valence-electron chi connectivity index (χ0n) is 19.7. The lowest BCUT2D eigenvalue weighted by molar-refractivity contribution is 0.00709. The van der Waals surface area contributed by atoms with Crippen molar-refractivity contribution in [3.05, 3.63) is 54.1 Å². The molecule has 1 fully saturated rings. The molecule has 0 aliphatic carbocycles. The highest BCUT2D eigenvalue weighted by Crippen LogP contribution is 2.27. The average molecular weight is 466 g/mol. The van der Waals surface area contributed by atoms with Crippen LogP contribution in [0.1, 0.15) is 46.4 Å². The lowest BCUT2D eigenvalue weighted by Gasteiger charge is -2.25. The zero-order chi connectivity index (χ0) is 23.9. The van der Waals surface area contributed by atoms with Crippen LogP contribution in [0.5, 0.6) is 0 Å². The molecule has 1 saturated heterocycles. The fourth-order valence-electron chi connectivity index (χ4n) is 4.17. The van der Waals surface area contributed by atoms with Crippen LogP contribution in [-0.4, -0.2) is 71.3 Å². The minimum Gasteiger partial charge on any atom is -0.383 e. The van der Waals surface area contributed by atoms with Crippen LogP contribution < -0.4 is 5.32 Å². The van der Waals surface area contributed by atoms with E-state index in [1.807, 2.05) is 4.57 Å². The fourth-order valence-corrected chi connectivity index (χ4v) is 4.17. The van der Waals surface area contributed by atoms with Gasteiger partial charge >= 0.3 is 0 Å². The molecule has 3 aromatic rings. The molecule has 4 rings (SSSR count). The van der Waals surface area contributed by atoms with Crippen molar-refractivity contribution in [2.75, 3.05) is 39.2 Å². The molecule has 34 heavy (non-hydrogen) atoms. The summed E-state index contributed by atoms with van der Waals surface area (Å²) in [7, 11) is 3.43. The van der Waals surface area contributed by atoms with Gasteiger partial charge in [0.15, 0.2) is 0 Å². The van der Waals surface area contributed by atoms with Crippen LogP contribution in [-0.2, 0) is 16.0 Å². The van der Waals surface area contributed by atoms with Gasteiger partial charge < -0.3 is 24.3 Å². The van der Waals surface area contributed by atoms with Gasteiger partial charge in [-0.05, 0) is 49.9 Å². The van der Waals surface area contributed by atoms with E-state index in [9.17, 15) is 9.59 Å². The number of hydrogen-bond donors (Lipinski definition) is 1. The van der Waals surface area contributed by atoms with Gasteiger partial charge in [0, 0.05) is 51.8 Å². The van der Waals surface area contributed by atoms with Gasteiger partial charge in [-0.2, -0.15) is 0 Å². The zero-order valence-corrected chi connectivity index (χ0v) is 19.7. The molecule has 1 aliphatic rings. The van der Waals surface area contributed by atoms with E-state index in [2.05, 4.69) is 15.3 Å². The number of aromatic nitrogens is 3. The number of carbonyl (C=O) groups excluding carboxylic acids is 2.